The second kappa shape index (κ2) is 7.99. The van der Waals surface area contributed by atoms with Gasteiger partial charge in [0, 0.05) is 49.6 Å². The van der Waals surface area contributed by atoms with Crippen molar-refractivity contribution in [1.29, 1.82) is 0 Å². The minimum Gasteiger partial charge on any atom is -0.383 e. The Bertz CT molecular complexity index is 446. The van der Waals surface area contributed by atoms with E-state index in [9.17, 15) is 0 Å². The minimum atomic E-state index is 0.238. The lowest BCUT2D eigenvalue weighted by Crippen LogP contribution is -2.46. The summed E-state index contributed by atoms with van der Waals surface area (Å²) in [5.74, 6) is 0. The molecule has 1 aliphatic rings. The van der Waals surface area contributed by atoms with Gasteiger partial charge >= 0.3 is 0 Å². The number of morpholine rings is 1. The smallest absolute Gasteiger partial charge is 0.0726 e. The second-order valence-corrected chi connectivity index (χ2v) is 5.98. The fourth-order valence-corrected chi connectivity index (χ4v) is 3.02. The van der Waals surface area contributed by atoms with Crippen LogP contribution >= 0.6 is 11.6 Å². The summed E-state index contributed by atoms with van der Waals surface area (Å²) in [6, 6.07) is 6.11. The van der Waals surface area contributed by atoms with Crippen molar-refractivity contribution >= 4 is 17.3 Å². The Balaban J connectivity index is 2.12. The molecule has 0 saturated carbocycles. The average Bonchev–Trinajstić information content (AvgIpc) is 2.43. The molecule has 0 amide bonds. The molecule has 1 aromatic rings. The number of nitrogens with zero attached hydrogens (tertiary/aromatic N) is 1. The number of benzene rings is 1. The Labute approximate surface area is 132 Å². The van der Waals surface area contributed by atoms with Crippen molar-refractivity contribution in [2.75, 3.05) is 38.3 Å². The Hall–Kier alpha value is -0.810. The van der Waals surface area contributed by atoms with E-state index in [1.165, 1.54) is 5.69 Å². The summed E-state index contributed by atoms with van der Waals surface area (Å²) in [4.78, 5) is 2.37. The largest absolute Gasteiger partial charge is 0.383 e. The van der Waals surface area contributed by atoms with Crippen LogP contribution in [0, 0.1) is 0 Å². The van der Waals surface area contributed by atoms with Gasteiger partial charge in [-0.05, 0) is 26.0 Å². The zero-order chi connectivity index (χ0) is 15.2. The van der Waals surface area contributed by atoms with Crippen LogP contribution in [0.15, 0.2) is 18.2 Å². The predicted molar refractivity (Wildman–Crippen MR) is 87.3 cm³/mol. The van der Waals surface area contributed by atoms with Gasteiger partial charge in [0.15, 0.2) is 0 Å². The van der Waals surface area contributed by atoms with Gasteiger partial charge in [0.1, 0.15) is 0 Å². The highest BCUT2D eigenvalue weighted by Crippen LogP contribution is 2.29. The van der Waals surface area contributed by atoms with Gasteiger partial charge in [0.2, 0.25) is 0 Å². The fraction of sp³-hybridized carbons (Fsp3) is 0.625. The molecule has 1 aliphatic heterocycles. The number of nitrogens with one attached hydrogen (secondary N) is 1. The molecule has 2 rings (SSSR count). The lowest BCUT2D eigenvalue weighted by molar-refractivity contribution is -0.00526. The Morgan fingerprint density at radius 2 is 2.05 bits per heavy atom. The molecule has 2 unspecified atom stereocenters. The molecule has 1 heterocycles. The molecule has 0 spiro atoms. The van der Waals surface area contributed by atoms with Crippen LogP contribution in [0.4, 0.5) is 5.69 Å². The predicted octanol–water partition coefficient (Wildman–Crippen LogP) is 2.69. The topological polar surface area (TPSA) is 33.7 Å². The van der Waals surface area contributed by atoms with Crippen LogP contribution in [0.25, 0.3) is 0 Å². The van der Waals surface area contributed by atoms with Crippen molar-refractivity contribution in [3.63, 3.8) is 0 Å². The van der Waals surface area contributed by atoms with E-state index in [0.29, 0.717) is 6.61 Å². The van der Waals surface area contributed by atoms with Crippen molar-refractivity contribution in [2.45, 2.75) is 32.6 Å². The summed E-state index contributed by atoms with van der Waals surface area (Å²) < 4.78 is 10.9. The van der Waals surface area contributed by atoms with Gasteiger partial charge in [0.25, 0.3) is 0 Å². The molecule has 0 radical (unpaired) electrons. The van der Waals surface area contributed by atoms with Crippen LogP contribution in [0.2, 0.25) is 5.02 Å². The van der Waals surface area contributed by atoms with Crippen LogP contribution in [0.3, 0.4) is 0 Å². The van der Waals surface area contributed by atoms with Gasteiger partial charge < -0.3 is 19.7 Å². The highest BCUT2D eigenvalue weighted by Gasteiger charge is 2.24. The summed E-state index contributed by atoms with van der Waals surface area (Å²) in [6.45, 7) is 8.29. The number of methoxy groups -OCH3 is 1. The fourth-order valence-electron chi connectivity index (χ4n) is 2.78. The summed E-state index contributed by atoms with van der Waals surface area (Å²) in [5.41, 5.74) is 2.35. The van der Waals surface area contributed by atoms with E-state index in [2.05, 4.69) is 30.1 Å². The van der Waals surface area contributed by atoms with E-state index in [4.69, 9.17) is 21.1 Å². The summed E-state index contributed by atoms with van der Waals surface area (Å²) in [5, 5.41) is 4.19. The molecule has 0 aromatic heterocycles. The van der Waals surface area contributed by atoms with Crippen LogP contribution in [-0.4, -0.2) is 45.6 Å². The van der Waals surface area contributed by atoms with Crippen LogP contribution in [-0.2, 0) is 16.0 Å². The Kier molecular flexibility index (Phi) is 6.30. The van der Waals surface area contributed by atoms with Gasteiger partial charge in [-0.25, -0.2) is 0 Å². The number of anilines is 1. The van der Waals surface area contributed by atoms with Gasteiger partial charge in [-0.15, -0.1) is 0 Å². The van der Waals surface area contributed by atoms with Gasteiger partial charge in [-0.2, -0.15) is 0 Å². The average molecular weight is 313 g/mol. The number of ether oxygens (including phenoxy) is 2. The first-order valence-electron chi connectivity index (χ1n) is 7.49. The van der Waals surface area contributed by atoms with E-state index in [-0.39, 0.29) is 12.2 Å². The van der Waals surface area contributed by atoms with Gasteiger partial charge in [-0.1, -0.05) is 17.7 Å². The number of hydrogen-bond acceptors (Lipinski definition) is 4. The van der Waals surface area contributed by atoms with E-state index < -0.39 is 0 Å². The third-order valence-electron chi connectivity index (χ3n) is 3.64. The van der Waals surface area contributed by atoms with Gasteiger partial charge in [0.05, 0.1) is 18.8 Å². The minimum absolute atomic E-state index is 0.238. The number of rotatable bonds is 6. The normalized spacial score (nSPS) is 22.6. The summed E-state index contributed by atoms with van der Waals surface area (Å²) in [7, 11) is 1.71. The van der Waals surface area contributed by atoms with Crippen molar-refractivity contribution in [3.05, 3.63) is 28.8 Å². The standard InChI is InChI=1S/C16H25ClN2O2/c1-12-10-19(11-13(2)21-12)16-6-4-5-15(17)14(16)9-18-7-8-20-3/h4-6,12-13,18H,7-11H2,1-3H3. The number of halogens is 1. The van der Waals surface area contributed by atoms with Crippen molar-refractivity contribution in [3.8, 4) is 0 Å². The molecule has 0 aliphatic carbocycles. The van der Waals surface area contributed by atoms with Crippen molar-refractivity contribution in [2.24, 2.45) is 0 Å². The maximum atomic E-state index is 6.41. The monoisotopic (exact) mass is 312 g/mol. The van der Waals surface area contributed by atoms with Crippen LogP contribution in [0.5, 0.6) is 0 Å². The quantitative estimate of drug-likeness (QED) is 0.819. The molecular weight excluding hydrogens is 288 g/mol. The highest BCUT2D eigenvalue weighted by atomic mass is 35.5. The van der Waals surface area contributed by atoms with E-state index in [1.54, 1.807) is 7.11 Å². The van der Waals surface area contributed by atoms with Crippen molar-refractivity contribution in [1.82, 2.24) is 5.32 Å². The van der Waals surface area contributed by atoms with E-state index in [1.807, 2.05) is 12.1 Å². The molecule has 1 fully saturated rings. The lowest BCUT2D eigenvalue weighted by atomic mass is 10.1. The maximum Gasteiger partial charge on any atom is 0.0726 e. The molecule has 4 nitrogen and oxygen atoms in total. The van der Waals surface area contributed by atoms with E-state index >= 15 is 0 Å². The van der Waals surface area contributed by atoms with Crippen molar-refractivity contribution < 1.29 is 9.47 Å². The maximum absolute atomic E-state index is 6.41. The molecule has 5 heteroatoms. The summed E-state index contributed by atoms with van der Waals surface area (Å²) in [6.07, 6.45) is 0.476. The van der Waals surface area contributed by atoms with Crippen LogP contribution in [0.1, 0.15) is 19.4 Å². The molecule has 21 heavy (non-hydrogen) atoms. The molecule has 1 saturated heterocycles. The SMILES string of the molecule is COCCNCc1c(Cl)cccc1N1CC(C)OC(C)C1. The molecule has 1 N–H and O–H groups in total. The lowest BCUT2D eigenvalue weighted by Gasteiger charge is -2.38. The van der Waals surface area contributed by atoms with E-state index in [0.717, 1.165) is 36.8 Å². The molecule has 2 atom stereocenters. The Morgan fingerprint density at radius 1 is 1.33 bits per heavy atom. The Morgan fingerprint density at radius 3 is 2.71 bits per heavy atom. The summed E-state index contributed by atoms with van der Waals surface area (Å²) >= 11 is 6.41. The third-order valence-corrected chi connectivity index (χ3v) is 3.99. The second-order valence-electron chi connectivity index (χ2n) is 5.57. The molecule has 1 aromatic carbocycles. The van der Waals surface area contributed by atoms with Gasteiger partial charge in [-0.3, -0.25) is 0 Å². The molecule has 0 bridgehead atoms. The first kappa shape index (κ1) is 16.6. The first-order chi connectivity index (χ1) is 10.1. The zero-order valence-corrected chi connectivity index (χ0v) is 13.8. The molecular formula is C16H25ClN2O2. The molecule has 118 valence electrons. The third kappa shape index (κ3) is 4.58. The highest BCUT2D eigenvalue weighted by molar-refractivity contribution is 6.31. The van der Waals surface area contributed by atoms with Crippen LogP contribution < -0.4 is 10.2 Å². The number of hydrogen-bond donors (Lipinski definition) is 1. The zero-order valence-electron chi connectivity index (χ0n) is 13.1. The first-order valence-corrected chi connectivity index (χ1v) is 7.87.